The van der Waals surface area contributed by atoms with E-state index < -0.39 is 0 Å². The molecule has 92 valence electrons. The SMILES string of the molecule is O=C(OCCO)N1CCC[C@H]2CCCC[C@H]21. The van der Waals surface area contributed by atoms with Crippen LogP contribution in [0.2, 0.25) is 0 Å². The third-order valence-electron chi connectivity index (χ3n) is 3.79. The van der Waals surface area contributed by atoms with E-state index in [1.54, 1.807) is 0 Å². The van der Waals surface area contributed by atoms with E-state index in [1.165, 1.54) is 25.7 Å². The Morgan fingerprint density at radius 1 is 1.25 bits per heavy atom. The van der Waals surface area contributed by atoms with Crippen LogP contribution in [0.5, 0.6) is 0 Å². The zero-order chi connectivity index (χ0) is 11.4. The highest BCUT2D eigenvalue weighted by Crippen LogP contribution is 2.35. The first-order chi connectivity index (χ1) is 7.83. The standard InChI is InChI=1S/C12H21NO3/c14-8-9-16-12(15)13-7-3-5-10-4-1-2-6-11(10)13/h10-11,14H,1-9H2/t10-,11-/m1/s1. The van der Waals surface area contributed by atoms with Crippen molar-refractivity contribution in [1.82, 2.24) is 4.90 Å². The molecule has 1 heterocycles. The summed E-state index contributed by atoms with van der Waals surface area (Å²) in [4.78, 5) is 13.7. The molecule has 1 saturated carbocycles. The van der Waals surface area contributed by atoms with Gasteiger partial charge in [-0.15, -0.1) is 0 Å². The maximum absolute atomic E-state index is 11.8. The Bertz CT molecular complexity index is 242. The smallest absolute Gasteiger partial charge is 0.410 e. The summed E-state index contributed by atoms with van der Waals surface area (Å²) in [7, 11) is 0. The van der Waals surface area contributed by atoms with Gasteiger partial charge in [0.25, 0.3) is 0 Å². The fraction of sp³-hybridized carbons (Fsp3) is 0.917. The van der Waals surface area contributed by atoms with Gasteiger partial charge < -0.3 is 14.7 Å². The molecule has 0 aromatic carbocycles. The van der Waals surface area contributed by atoms with Crippen molar-refractivity contribution in [2.45, 2.75) is 44.6 Å². The lowest BCUT2D eigenvalue weighted by atomic mass is 9.78. The molecule has 1 N–H and O–H groups in total. The second-order valence-electron chi connectivity index (χ2n) is 4.79. The predicted octanol–water partition coefficient (Wildman–Crippen LogP) is 1.77. The number of amides is 1. The predicted molar refractivity (Wildman–Crippen MR) is 60.1 cm³/mol. The topological polar surface area (TPSA) is 49.8 Å². The summed E-state index contributed by atoms with van der Waals surface area (Å²) in [5.41, 5.74) is 0. The van der Waals surface area contributed by atoms with E-state index in [1.807, 2.05) is 4.90 Å². The molecule has 1 amide bonds. The van der Waals surface area contributed by atoms with Crippen LogP contribution in [0.1, 0.15) is 38.5 Å². The van der Waals surface area contributed by atoms with Crippen molar-refractivity contribution in [2.75, 3.05) is 19.8 Å². The number of piperidine rings is 1. The molecule has 0 aromatic rings. The van der Waals surface area contributed by atoms with Gasteiger partial charge in [-0.1, -0.05) is 12.8 Å². The lowest BCUT2D eigenvalue weighted by molar-refractivity contribution is 0.0306. The summed E-state index contributed by atoms with van der Waals surface area (Å²) in [6, 6.07) is 0.397. The Balaban J connectivity index is 1.93. The largest absolute Gasteiger partial charge is 0.447 e. The molecule has 4 heteroatoms. The van der Waals surface area contributed by atoms with Crippen LogP contribution in [0.15, 0.2) is 0 Å². The van der Waals surface area contributed by atoms with Crippen LogP contribution in [-0.2, 0) is 4.74 Å². The zero-order valence-corrected chi connectivity index (χ0v) is 9.73. The normalized spacial score (nSPS) is 29.7. The van der Waals surface area contributed by atoms with E-state index >= 15 is 0 Å². The molecule has 2 atom stereocenters. The van der Waals surface area contributed by atoms with Crippen molar-refractivity contribution in [2.24, 2.45) is 5.92 Å². The van der Waals surface area contributed by atoms with E-state index in [-0.39, 0.29) is 19.3 Å². The second kappa shape index (κ2) is 5.53. The third kappa shape index (κ3) is 2.48. The number of carbonyl (C=O) groups excluding carboxylic acids is 1. The summed E-state index contributed by atoms with van der Waals surface area (Å²) in [6.07, 6.45) is 7.04. The van der Waals surface area contributed by atoms with E-state index in [0.29, 0.717) is 12.0 Å². The fourth-order valence-corrected chi connectivity index (χ4v) is 3.07. The van der Waals surface area contributed by atoms with Crippen LogP contribution in [0, 0.1) is 5.92 Å². The number of ether oxygens (including phenoxy) is 1. The molecule has 0 unspecified atom stereocenters. The number of aliphatic hydroxyl groups is 1. The molecular weight excluding hydrogens is 206 g/mol. The van der Waals surface area contributed by atoms with Gasteiger partial charge in [-0.3, -0.25) is 0 Å². The molecule has 2 fully saturated rings. The van der Waals surface area contributed by atoms with Crippen LogP contribution in [0.25, 0.3) is 0 Å². The van der Waals surface area contributed by atoms with Crippen molar-refractivity contribution >= 4 is 6.09 Å². The zero-order valence-electron chi connectivity index (χ0n) is 9.73. The van der Waals surface area contributed by atoms with Crippen LogP contribution in [0.3, 0.4) is 0 Å². The number of rotatable bonds is 2. The maximum atomic E-state index is 11.8. The molecule has 0 spiro atoms. The van der Waals surface area contributed by atoms with Gasteiger partial charge in [0.15, 0.2) is 0 Å². The first kappa shape index (κ1) is 11.7. The number of aliphatic hydroxyl groups excluding tert-OH is 1. The van der Waals surface area contributed by atoms with Gasteiger partial charge in [-0.05, 0) is 31.6 Å². The average Bonchev–Trinajstić information content (AvgIpc) is 2.35. The van der Waals surface area contributed by atoms with Crippen molar-refractivity contribution in [3.8, 4) is 0 Å². The minimum Gasteiger partial charge on any atom is -0.447 e. The molecule has 0 bridgehead atoms. The van der Waals surface area contributed by atoms with Gasteiger partial charge in [-0.25, -0.2) is 4.79 Å². The van der Waals surface area contributed by atoms with Gasteiger partial charge in [0.2, 0.25) is 0 Å². The van der Waals surface area contributed by atoms with Gasteiger partial charge >= 0.3 is 6.09 Å². The highest BCUT2D eigenvalue weighted by molar-refractivity contribution is 5.68. The average molecular weight is 227 g/mol. The number of carbonyl (C=O) groups is 1. The Morgan fingerprint density at radius 3 is 2.81 bits per heavy atom. The lowest BCUT2D eigenvalue weighted by Gasteiger charge is -2.43. The molecule has 1 aliphatic carbocycles. The second-order valence-corrected chi connectivity index (χ2v) is 4.79. The van der Waals surface area contributed by atoms with Crippen LogP contribution in [0.4, 0.5) is 4.79 Å². The van der Waals surface area contributed by atoms with Crippen LogP contribution >= 0.6 is 0 Å². The Kier molecular flexibility index (Phi) is 4.04. The van der Waals surface area contributed by atoms with Gasteiger partial charge in [0.1, 0.15) is 6.61 Å². The molecule has 0 aromatic heterocycles. The highest BCUT2D eigenvalue weighted by atomic mass is 16.6. The van der Waals surface area contributed by atoms with E-state index in [2.05, 4.69) is 0 Å². The third-order valence-corrected chi connectivity index (χ3v) is 3.79. The summed E-state index contributed by atoms with van der Waals surface area (Å²) in [5, 5.41) is 8.65. The van der Waals surface area contributed by atoms with E-state index in [0.717, 1.165) is 19.4 Å². The fourth-order valence-electron chi connectivity index (χ4n) is 3.07. The number of hydrogen-bond donors (Lipinski definition) is 1. The number of likely N-dealkylation sites (tertiary alicyclic amines) is 1. The summed E-state index contributed by atoms with van der Waals surface area (Å²) >= 11 is 0. The minimum absolute atomic E-state index is 0.0896. The first-order valence-electron chi connectivity index (χ1n) is 6.37. The molecule has 1 aliphatic heterocycles. The molecule has 0 radical (unpaired) electrons. The van der Waals surface area contributed by atoms with Gasteiger partial charge in [0, 0.05) is 12.6 Å². The van der Waals surface area contributed by atoms with Crippen molar-refractivity contribution in [1.29, 1.82) is 0 Å². The lowest BCUT2D eigenvalue weighted by Crippen LogP contribution is -2.49. The molecular formula is C12H21NO3. The Morgan fingerprint density at radius 2 is 2.00 bits per heavy atom. The number of nitrogens with zero attached hydrogens (tertiary/aromatic N) is 1. The minimum atomic E-state index is -0.231. The number of hydrogen-bond acceptors (Lipinski definition) is 3. The molecule has 2 rings (SSSR count). The van der Waals surface area contributed by atoms with Crippen molar-refractivity contribution in [3.05, 3.63) is 0 Å². The highest BCUT2D eigenvalue weighted by Gasteiger charge is 2.36. The van der Waals surface area contributed by atoms with Gasteiger partial charge in [-0.2, -0.15) is 0 Å². The van der Waals surface area contributed by atoms with Crippen molar-refractivity contribution < 1.29 is 14.6 Å². The summed E-state index contributed by atoms with van der Waals surface area (Å²) in [6.45, 7) is 0.853. The van der Waals surface area contributed by atoms with Gasteiger partial charge in [0.05, 0.1) is 6.61 Å². The maximum Gasteiger partial charge on any atom is 0.410 e. The van der Waals surface area contributed by atoms with E-state index in [9.17, 15) is 4.79 Å². The summed E-state index contributed by atoms with van der Waals surface area (Å²) in [5.74, 6) is 0.684. The van der Waals surface area contributed by atoms with Crippen LogP contribution in [-0.4, -0.2) is 41.9 Å². The quantitative estimate of drug-likeness (QED) is 0.782. The molecule has 16 heavy (non-hydrogen) atoms. The summed E-state index contributed by atoms with van der Waals surface area (Å²) < 4.78 is 5.02. The Labute approximate surface area is 96.6 Å². The van der Waals surface area contributed by atoms with Crippen LogP contribution < -0.4 is 0 Å². The molecule has 4 nitrogen and oxygen atoms in total. The monoisotopic (exact) mass is 227 g/mol. The van der Waals surface area contributed by atoms with E-state index in [4.69, 9.17) is 9.84 Å². The molecule has 2 aliphatic rings. The first-order valence-corrected chi connectivity index (χ1v) is 6.37. The van der Waals surface area contributed by atoms with Crippen molar-refractivity contribution in [3.63, 3.8) is 0 Å². The Hall–Kier alpha value is -0.770. The molecule has 1 saturated heterocycles. The number of fused-ring (bicyclic) bond motifs is 1.